The summed E-state index contributed by atoms with van der Waals surface area (Å²) in [5.74, 6) is 0.558. The van der Waals surface area contributed by atoms with Gasteiger partial charge in [0.05, 0.1) is 0 Å². The second kappa shape index (κ2) is 7.03. The molecule has 0 saturated carbocycles. The first-order valence-electron chi connectivity index (χ1n) is 7.68. The van der Waals surface area contributed by atoms with Crippen molar-refractivity contribution in [3.05, 3.63) is 65.5 Å². The highest BCUT2D eigenvalue weighted by Crippen LogP contribution is 2.32. The molecular weight excluding hydrogens is 274 g/mol. The Bertz CT molecular complexity index is 677. The predicted octanol–water partition coefficient (Wildman–Crippen LogP) is 4.30. The third-order valence-electron chi connectivity index (χ3n) is 4.02. The Kier molecular flexibility index (Phi) is 4.64. The topological polar surface area (TPSA) is 39.2 Å². The quantitative estimate of drug-likeness (QED) is 0.771. The Morgan fingerprint density at radius 2 is 1.86 bits per heavy atom. The van der Waals surface area contributed by atoms with Crippen LogP contribution in [0.4, 0.5) is 0 Å². The Morgan fingerprint density at radius 1 is 1.05 bits per heavy atom. The van der Waals surface area contributed by atoms with Crippen LogP contribution in [0.2, 0.25) is 0 Å². The van der Waals surface area contributed by atoms with Crippen molar-refractivity contribution in [2.24, 2.45) is 0 Å². The summed E-state index contributed by atoms with van der Waals surface area (Å²) in [7, 11) is 0. The van der Waals surface area contributed by atoms with Crippen LogP contribution >= 0.6 is 0 Å². The lowest BCUT2D eigenvalue weighted by molar-refractivity contribution is 0.111. The summed E-state index contributed by atoms with van der Waals surface area (Å²) >= 11 is 0. The molecular formula is C19H19NO2. The minimum absolute atomic E-state index is 0.361. The molecule has 0 unspecified atom stereocenters. The zero-order valence-corrected chi connectivity index (χ0v) is 12.5. The number of carbonyl (C=O) groups is 1. The van der Waals surface area contributed by atoms with Gasteiger partial charge in [-0.05, 0) is 54.5 Å². The normalized spacial score (nSPS) is 14.7. The van der Waals surface area contributed by atoms with Crippen LogP contribution in [0.15, 0.2) is 54.2 Å². The molecule has 3 rings (SSSR count). The maximum Gasteiger partial charge on any atom is 0.172 e. The van der Waals surface area contributed by atoms with E-state index in [2.05, 4.69) is 29.2 Å². The van der Waals surface area contributed by atoms with E-state index in [0.717, 1.165) is 19.1 Å². The molecule has 0 bridgehead atoms. The van der Waals surface area contributed by atoms with Crippen LogP contribution in [0, 0.1) is 0 Å². The third-order valence-corrected chi connectivity index (χ3v) is 4.02. The van der Waals surface area contributed by atoms with Crippen molar-refractivity contribution in [2.45, 2.75) is 25.7 Å². The van der Waals surface area contributed by atoms with E-state index in [0.29, 0.717) is 18.1 Å². The number of pyridine rings is 1. The van der Waals surface area contributed by atoms with Crippen LogP contribution in [0.25, 0.3) is 5.57 Å². The molecule has 0 aliphatic heterocycles. The van der Waals surface area contributed by atoms with E-state index in [9.17, 15) is 4.79 Å². The average Bonchev–Trinajstić information content (AvgIpc) is 2.61. The molecule has 0 fully saturated rings. The van der Waals surface area contributed by atoms with Crippen molar-refractivity contribution in [2.75, 3.05) is 6.61 Å². The number of aromatic nitrogens is 1. The number of ether oxygens (including phenoxy) is 1. The van der Waals surface area contributed by atoms with Gasteiger partial charge in [0.1, 0.15) is 18.1 Å². The summed E-state index contributed by atoms with van der Waals surface area (Å²) < 4.78 is 5.87. The molecule has 0 radical (unpaired) electrons. The number of allylic oxidation sites excluding steroid dienone is 1. The maximum absolute atomic E-state index is 11.0. The summed E-state index contributed by atoms with van der Waals surface area (Å²) in [4.78, 5) is 15.0. The van der Waals surface area contributed by atoms with Crippen LogP contribution in [0.3, 0.4) is 0 Å². The highest BCUT2D eigenvalue weighted by Gasteiger charge is 2.15. The van der Waals surface area contributed by atoms with Crippen molar-refractivity contribution in [3.63, 3.8) is 0 Å². The van der Waals surface area contributed by atoms with Gasteiger partial charge in [0, 0.05) is 6.20 Å². The predicted molar refractivity (Wildman–Crippen MR) is 86.9 cm³/mol. The summed E-state index contributed by atoms with van der Waals surface area (Å²) in [6.07, 6.45) is 6.91. The van der Waals surface area contributed by atoms with Gasteiger partial charge in [-0.2, -0.15) is 0 Å². The number of rotatable bonds is 5. The Balaban J connectivity index is 1.82. The molecule has 1 aliphatic rings. The zero-order valence-electron chi connectivity index (χ0n) is 12.5. The molecule has 0 amide bonds. The summed E-state index contributed by atoms with van der Waals surface area (Å²) in [5, 5.41) is 0. The standard InChI is InChI=1S/C19H19NO2/c21-13-18-19(11-6-12-20-18)22-14-16-9-4-5-10-17(16)15-7-2-1-3-8-15/h1-3,6-8,11-13H,4-5,9-10,14H2. The molecule has 3 heteroatoms. The van der Waals surface area contributed by atoms with Crippen molar-refractivity contribution < 1.29 is 9.53 Å². The van der Waals surface area contributed by atoms with Gasteiger partial charge in [0.15, 0.2) is 6.29 Å². The van der Waals surface area contributed by atoms with E-state index < -0.39 is 0 Å². The van der Waals surface area contributed by atoms with Gasteiger partial charge in [-0.3, -0.25) is 4.79 Å². The van der Waals surface area contributed by atoms with Crippen molar-refractivity contribution in [1.82, 2.24) is 4.98 Å². The van der Waals surface area contributed by atoms with Crippen molar-refractivity contribution in [1.29, 1.82) is 0 Å². The van der Waals surface area contributed by atoms with Gasteiger partial charge >= 0.3 is 0 Å². The minimum Gasteiger partial charge on any atom is -0.487 e. The average molecular weight is 293 g/mol. The van der Waals surface area contributed by atoms with E-state index in [-0.39, 0.29) is 0 Å². The molecule has 112 valence electrons. The number of nitrogens with zero attached hydrogens (tertiary/aromatic N) is 1. The van der Waals surface area contributed by atoms with Crippen LogP contribution < -0.4 is 4.74 Å². The molecule has 22 heavy (non-hydrogen) atoms. The fourth-order valence-electron chi connectivity index (χ4n) is 2.89. The molecule has 1 aliphatic carbocycles. The first-order chi connectivity index (χ1) is 10.9. The fourth-order valence-corrected chi connectivity index (χ4v) is 2.89. The summed E-state index contributed by atoms with van der Waals surface area (Å²) in [6, 6.07) is 14.1. The second-order valence-corrected chi connectivity index (χ2v) is 5.45. The molecule has 2 aromatic rings. The van der Waals surface area contributed by atoms with E-state index in [4.69, 9.17) is 4.74 Å². The van der Waals surface area contributed by atoms with Gasteiger partial charge < -0.3 is 4.74 Å². The molecule has 0 N–H and O–H groups in total. The second-order valence-electron chi connectivity index (χ2n) is 5.45. The highest BCUT2D eigenvalue weighted by atomic mass is 16.5. The van der Waals surface area contributed by atoms with E-state index in [1.54, 1.807) is 18.3 Å². The van der Waals surface area contributed by atoms with Crippen molar-refractivity contribution in [3.8, 4) is 5.75 Å². The number of aldehydes is 1. The number of benzene rings is 1. The zero-order chi connectivity index (χ0) is 15.2. The third kappa shape index (κ3) is 3.25. The van der Waals surface area contributed by atoms with Gasteiger partial charge in [0.2, 0.25) is 0 Å². The summed E-state index contributed by atoms with van der Waals surface area (Å²) in [5.41, 5.74) is 4.37. The molecule has 0 spiro atoms. The minimum atomic E-state index is 0.361. The molecule has 3 nitrogen and oxygen atoms in total. The van der Waals surface area contributed by atoms with Crippen LogP contribution in [-0.4, -0.2) is 17.9 Å². The number of carbonyl (C=O) groups excluding carboxylic acids is 1. The van der Waals surface area contributed by atoms with Gasteiger partial charge in [0.25, 0.3) is 0 Å². The van der Waals surface area contributed by atoms with Crippen LogP contribution in [-0.2, 0) is 0 Å². The van der Waals surface area contributed by atoms with Crippen LogP contribution in [0.5, 0.6) is 5.75 Å². The first-order valence-corrected chi connectivity index (χ1v) is 7.68. The van der Waals surface area contributed by atoms with E-state index >= 15 is 0 Å². The van der Waals surface area contributed by atoms with Gasteiger partial charge in [-0.25, -0.2) is 4.98 Å². The molecule has 1 aromatic carbocycles. The first kappa shape index (κ1) is 14.5. The molecule has 0 atom stereocenters. The van der Waals surface area contributed by atoms with Gasteiger partial charge in [-0.15, -0.1) is 0 Å². The number of hydrogen-bond acceptors (Lipinski definition) is 3. The molecule has 0 saturated heterocycles. The fraction of sp³-hybridized carbons (Fsp3) is 0.263. The number of hydrogen-bond donors (Lipinski definition) is 0. The van der Waals surface area contributed by atoms with E-state index in [1.807, 2.05) is 6.07 Å². The summed E-state index contributed by atoms with van der Waals surface area (Å²) in [6.45, 7) is 0.525. The largest absolute Gasteiger partial charge is 0.487 e. The SMILES string of the molecule is O=Cc1ncccc1OCC1=C(c2ccccc2)CCCC1. The van der Waals surface area contributed by atoms with Crippen LogP contribution in [0.1, 0.15) is 41.7 Å². The Labute approximate surface area is 130 Å². The Morgan fingerprint density at radius 3 is 2.68 bits per heavy atom. The van der Waals surface area contributed by atoms with Crippen molar-refractivity contribution >= 4 is 11.9 Å². The highest BCUT2D eigenvalue weighted by molar-refractivity contribution is 5.76. The van der Waals surface area contributed by atoms with E-state index in [1.165, 1.54) is 29.6 Å². The lowest BCUT2D eigenvalue weighted by atomic mass is 9.88. The smallest absolute Gasteiger partial charge is 0.172 e. The monoisotopic (exact) mass is 293 g/mol. The van der Waals surface area contributed by atoms with Gasteiger partial charge in [-0.1, -0.05) is 30.3 Å². The maximum atomic E-state index is 11.0. The Hall–Kier alpha value is -2.42. The lowest BCUT2D eigenvalue weighted by Crippen LogP contribution is -2.09. The lowest BCUT2D eigenvalue weighted by Gasteiger charge is -2.21. The molecule has 1 heterocycles. The molecule has 1 aromatic heterocycles.